The van der Waals surface area contributed by atoms with E-state index in [9.17, 15) is 13.2 Å². The molecule has 6 heteroatoms. The second-order valence-electron chi connectivity index (χ2n) is 4.40. The van der Waals surface area contributed by atoms with Crippen molar-refractivity contribution in [2.45, 2.75) is 13.3 Å². The number of anilines is 1. The highest BCUT2D eigenvalue weighted by molar-refractivity contribution is 7.92. The lowest BCUT2D eigenvalue weighted by Gasteiger charge is -2.04. The molecule has 1 N–H and O–H groups in total. The maximum absolute atomic E-state index is 12.2. The normalized spacial score (nSPS) is 11.3. The number of hydrogen-bond donors (Lipinski definition) is 1. The molecule has 0 spiro atoms. The lowest BCUT2D eigenvalue weighted by Crippen LogP contribution is -2.09. The van der Waals surface area contributed by atoms with Crippen LogP contribution >= 0.6 is 11.3 Å². The van der Waals surface area contributed by atoms with Crippen molar-refractivity contribution in [3.63, 3.8) is 0 Å². The van der Waals surface area contributed by atoms with Crippen LogP contribution in [0.2, 0.25) is 0 Å². The molecule has 0 aliphatic carbocycles. The number of hydrogen-bond acceptors (Lipinski definition) is 4. The van der Waals surface area contributed by atoms with E-state index in [-0.39, 0.29) is 5.78 Å². The van der Waals surface area contributed by atoms with Gasteiger partial charge in [-0.3, -0.25) is 9.52 Å². The first-order chi connectivity index (χ1) is 9.39. The van der Waals surface area contributed by atoms with Crippen LogP contribution in [-0.2, 0) is 16.4 Å². The van der Waals surface area contributed by atoms with Gasteiger partial charge in [0.25, 0.3) is 0 Å². The fraction of sp³-hybridized carbons (Fsp3) is 0.214. The molecular formula is C14H15NO3S2. The van der Waals surface area contributed by atoms with Crippen LogP contribution in [0.5, 0.6) is 0 Å². The Bertz CT molecular complexity index is 715. The van der Waals surface area contributed by atoms with Crippen LogP contribution in [0.3, 0.4) is 0 Å². The third-order valence-electron chi connectivity index (χ3n) is 2.68. The molecule has 0 bridgehead atoms. The minimum Gasteiger partial charge on any atom is -0.288 e. The summed E-state index contributed by atoms with van der Waals surface area (Å²) in [5.41, 5.74) is 0.998. The Morgan fingerprint density at radius 1 is 1.15 bits per heavy atom. The molecule has 0 saturated carbocycles. The van der Waals surface area contributed by atoms with Crippen molar-refractivity contribution in [1.29, 1.82) is 0 Å². The van der Waals surface area contributed by atoms with E-state index >= 15 is 0 Å². The van der Waals surface area contributed by atoms with E-state index < -0.39 is 10.0 Å². The molecule has 1 aromatic carbocycles. The Hall–Kier alpha value is -1.66. The molecule has 2 rings (SSSR count). The van der Waals surface area contributed by atoms with Crippen LogP contribution in [0.4, 0.5) is 5.69 Å². The summed E-state index contributed by atoms with van der Waals surface area (Å²) >= 11 is 1.49. The molecule has 0 aliphatic heterocycles. The molecule has 20 heavy (non-hydrogen) atoms. The van der Waals surface area contributed by atoms with Crippen molar-refractivity contribution < 1.29 is 13.2 Å². The monoisotopic (exact) mass is 309 g/mol. The SMILES string of the molecule is CCc1ccc(C(=O)c2ccc(NS(C)(=O)=O)cc2)s1. The van der Waals surface area contributed by atoms with Crippen molar-refractivity contribution >= 4 is 32.8 Å². The molecule has 0 amide bonds. The van der Waals surface area contributed by atoms with Gasteiger partial charge in [-0.2, -0.15) is 0 Å². The molecule has 0 fully saturated rings. The number of benzene rings is 1. The van der Waals surface area contributed by atoms with E-state index in [1.807, 2.05) is 19.1 Å². The lowest BCUT2D eigenvalue weighted by molar-refractivity contribution is 0.104. The second kappa shape index (κ2) is 5.76. The van der Waals surface area contributed by atoms with Crippen LogP contribution in [0.1, 0.15) is 27.0 Å². The first-order valence-corrected chi connectivity index (χ1v) is 8.81. The highest BCUT2D eigenvalue weighted by Gasteiger charge is 2.12. The Morgan fingerprint density at radius 2 is 1.80 bits per heavy atom. The minimum atomic E-state index is -3.30. The summed E-state index contributed by atoms with van der Waals surface area (Å²) in [6, 6.07) is 10.2. The molecule has 0 atom stereocenters. The number of thiophene rings is 1. The van der Waals surface area contributed by atoms with Crippen LogP contribution in [0, 0.1) is 0 Å². The highest BCUT2D eigenvalue weighted by Crippen LogP contribution is 2.21. The molecule has 2 aromatic rings. The van der Waals surface area contributed by atoms with E-state index in [0.717, 1.165) is 12.7 Å². The van der Waals surface area contributed by atoms with Crippen molar-refractivity contribution in [3.8, 4) is 0 Å². The predicted octanol–water partition coefficient (Wildman–Crippen LogP) is 2.91. The van der Waals surface area contributed by atoms with E-state index in [4.69, 9.17) is 0 Å². The van der Waals surface area contributed by atoms with Gasteiger partial charge < -0.3 is 0 Å². The van der Waals surface area contributed by atoms with Gasteiger partial charge in [0.05, 0.1) is 11.1 Å². The number of rotatable bonds is 5. The average molecular weight is 309 g/mol. The summed E-state index contributed by atoms with van der Waals surface area (Å²) in [5.74, 6) is -0.0411. The fourth-order valence-electron chi connectivity index (χ4n) is 1.74. The van der Waals surface area contributed by atoms with Gasteiger partial charge in [0.2, 0.25) is 15.8 Å². The van der Waals surface area contributed by atoms with Crippen molar-refractivity contribution in [2.75, 3.05) is 11.0 Å². The number of aryl methyl sites for hydroxylation is 1. The summed E-state index contributed by atoms with van der Waals surface area (Å²) in [6.45, 7) is 2.05. The zero-order chi connectivity index (χ0) is 14.8. The smallest absolute Gasteiger partial charge is 0.229 e. The van der Waals surface area contributed by atoms with E-state index in [1.54, 1.807) is 24.3 Å². The van der Waals surface area contributed by atoms with Crippen LogP contribution in [0.15, 0.2) is 36.4 Å². The van der Waals surface area contributed by atoms with Gasteiger partial charge in [0.15, 0.2) is 0 Å². The summed E-state index contributed by atoms with van der Waals surface area (Å²) in [6.07, 6.45) is 2.00. The van der Waals surface area contributed by atoms with Crippen molar-refractivity contribution in [3.05, 3.63) is 51.7 Å². The zero-order valence-electron chi connectivity index (χ0n) is 11.2. The number of carbonyl (C=O) groups is 1. The Labute approximate surface area is 122 Å². The van der Waals surface area contributed by atoms with Gasteiger partial charge in [-0.05, 0) is 42.8 Å². The van der Waals surface area contributed by atoms with Gasteiger partial charge in [-0.25, -0.2) is 8.42 Å². The minimum absolute atomic E-state index is 0.0411. The van der Waals surface area contributed by atoms with Crippen LogP contribution in [0.25, 0.3) is 0 Å². The predicted molar refractivity (Wildman–Crippen MR) is 82.0 cm³/mol. The first-order valence-electron chi connectivity index (χ1n) is 6.10. The number of carbonyl (C=O) groups excluding carboxylic acids is 1. The van der Waals surface area contributed by atoms with Crippen molar-refractivity contribution in [1.82, 2.24) is 0 Å². The topological polar surface area (TPSA) is 63.2 Å². The van der Waals surface area contributed by atoms with Gasteiger partial charge in [-0.15, -0.1) is 11.3 Å². The number of ketones is 1. The molecule has 4 nitrogen and oxygen atoms in total. The first kappa shape index (κ1) is 14.7. The molecule has 1 aromatic heterocycles. The summed E-state index contributed by atoms with van der Waals surface area (Å²) in [7, 11) is -3.30. The standard InChI is InChI=1S/C14H15NO3S2/c1-3-12-8-9-13(19-12)14(16)10-4-6-11(7-5-10)15-20(2,17)18/h4-9,15H,3H2,1-2H3. The zero-order valence-corrected chi connectivity index (χ0v) is 12.8. The highest BCUT2D eigenvalue weighted by atomic mass is 32.2. The molecule has 106 valence electrons. The molecule has 1 heterocycles. The van der Waals surface area contributed by atoms with Gasteiger partial charge in [0, 0.05) is 16.1 Å². The fourth-order valence-corrected chi connectivity index (χ4v) is 3.21. The Morgan fingerprint density at radius 3 is 2.30 bits per heavy atom. The lowest BCUT2D eigenvalue weighted by atomic mass is 10.1. The third kappa shape index (κ3) is 3.68. The van der Waals surface area contributed by atoms with E-state index in [2.05, 4.69) is 4.72 Å². The Balaban J connectivity index is 2.19. The third-order valence-corrected chi connectivity index (χ3v) is 4.52. The molecule has 0 saturated heterocycles. The maximum atomic E-state index is 12.2. The average Bonchev–Trinajstić information content (AvgIpc) is 2.85. The quantitative estimate of drug-likeness (QED) is 0.864. The van der Waals surface area contributed by atoms with Gasteiger partial charge >= 0.3 is 0 Å². The summed E-state index contributed by atoms with van der Waals surface area (Å²) < 4.78 is 24.6. The molecule has 0 radical (unpaired) electrons. The van der Waals surface area contributed by atoms with E-state index in [0.29, 0.717) is 16.1 Å². The largest absolute Gasteiger partial charge is 0.288 e. The number of nitrogens with one attached hydrogen (secondary N) is 1. The van der Waals surface area contributed by atoms with Crippen molar-refractivity contribution in [2.24, 2.45) is 0 Å². The van der Waals surface area contributed by atoms with Gasteiger partial charge in [-0.1, -0.05) is 6.92 Å². The molecular weight excluding hydrogens is 294 g/mol. The Kier molecular flexibility index (Phi) is 4.25. The van der Waals surface area contributed by atoms with E-state index in [1.165, 1.54) is 16.2 Å². The summed E-state index contributed by atoms with van der Waals surface area (Å²) in [5, 5.41) is 0. The van der Waals surface area contributed by atoms with Crippen LogP contribution in [-0.4, -0.2) is 20.5 Å². The maximum Gasteiger partial charge on any atom is 0.229 e. The molecule has 0 unspecified atom stereocenters. The summed E-state index contributed by atoms with van der Waals surface area (Å²) in [4.78, 5) is 14.1. The molecule has 0 aliphatic rings. The number of sulfonamides is 1. The second-order valence-corrected chi connectivity index (χ2v) is 7.32. The van der Waals surface area contributed by atoms with Crippen LogP contribution < -0.4 is 4.72 Å². The van der Waals surface area contributed by atoms with Gasteiger partial charge in [0.1, 0.15) is 0 Å².